The molecule has 2 aromatic heterocycles. The van der Waals surface area contributed by atoms with Crippen molar-refractivity contribution in [2.45, 2.75) is 155 Å². The summed E-state index contributed by atoms with van der Waals surface area (Å²) < 4.78 is 33.4. The summed E-state index contributed by atoms with van der Waals surface area (Å²) in [6.07, 6.45) is 5.39. The van der Waals surface area contributed by atoms with E-state index in [9.17, 15) is 24.0 Å². The van der Waals surface area contributed by atoms with Gasteiger partial charge >= 0.3 is 18.0 Å². The van der Waals surface area contributed by atoms with Gasteiger partial charge in [0.2, 0.25) is 0 Å². The SMILES string of the molecule is CC[C@H]1OC(=O)[C@H](C)C(=O)[C@H](C)C(OC2O[C@H](C)CC(N(C)C)C2OC(C)=O)[C@@](C)(OC)C[C@@H](C)C(=O)[C@H](C)C2N(CCCCn3cnc(-c4cccnc4)c3)C(=O)N[C@@]21C. The minimum atomic E-state index is -1.29. The average molecular weight is 853 g/mol. The first-order valence-electron chi connectivity index (χ1n) is 21.7. The Balaban J connectivity index is 1.46. The molecule has 2 amide bonds. The van der Waals surface area contributed by atoms with Gasteiger partial charge in [-0.05, 0) is 86.0 Å². The minimum absolute atomic E-state index is 0.124. The lowest BCUT2D eigenvalue weighted by Gasteiger charge is -2.48. The Labute approximate surface area is 360 Å². The highest BCUT2D eigenvalue weighted by Crippen LogP contribution is 2.41. The molecule has 0 aliphatic carbocycles. The lowest BCUT2D eigenvalue weighted by molar-refractivity contribution is -0.298. The molecule has 0 radical (unpaired) electrons. The van der Waals surface area contributed by atoms with E-state index in [2.05, 4.69) is 15.3 Å². The van der Waals surface area contributed by atoms with Crippen LogP contribution in [0.2, 0.25) is 0 Å². The number of carbonyl (C=O) groups excluding carboxylic acids is 5. The van der Waals surface area contributed by atoms with Crippen LogP contribution in [0.1, 0.15) is 94.4 Å². The van der Waals surface area contributed by atoms with Gasteiger partial charge in [-0.25, -0.2) is 9.78 Å². The molecule has 3 saturated heterocycles. The minimum Gasteiger partial charge on any atom is -0.459 e. The van der Waals surface area contributed by atoms with Crippen molar-refractivity contribution >= 4 is 29.5 Å². The van der Waals surface area contributed by atoms with Gasteiger partial charge in [-0.3, -0.25) is 24.2 Å². The zero-order valence-corrected chi connectivity index (χ0v) is 38.1. The predicted octanol–water partition coefficient (Wildman–Crippen LogP) is 5.07. The van der Waals surface area contributed by atoms with E-state index >= 15 is 0 Å². The maximum Gasteiger partial charge on any atom is 0.318 e. The summed E-state index contributed by atoms with van der Waals surface area (Å²) in [5.74, 6) is -5.40. The Bertz CT molecular complexity index is 1860. The van der Waals surface area contributed by atoms with Gasteiger partial charge < -0.3 is 43.4 Å². The number of urea groups is 1. The number of unbranched alkanes of at least 4 members (excludes halogenated alkanes) is 1. The van der Waals surface area contributed by atoms with E-state index in [-0.39, 0.29) is 30.4 Å². The number of fused-ring (bicyclic) bond motifs is 1. The van der Waals surface area contributed by atoms with E-state index in [0.29, 0.717) is 32.4 Å². The van der Waals surface area contributed by atoms with Gasteiger partial charge in [0.25, 0.3) is 0 Å². The van der Waals surface area contributed by atoms with Crippen LogP contribution >= 0.6 is 0 Å². The molecule has 13 atom stereocenters. The second-order valence-corrected chi connectivity index (χ2v) is 18.1. The summed E-state index contributed by atoms with van der Waals surface area (Å²) >= 11 is 0. The van der Waals surface area contributed by atoms with Gasteiger partial charge in [0.05, 0.1) is 47.5 Å². The van der Waals surface area contributed by atoms with E-state index in [0.717, 1.165) is 17.7 Å². The van der Waals surface area contributed by atoms with Crippen LogP contribution in [-0.4, -0.2) is 136 Å². The molecule has 0 bridgehead atoms. The fraction of sp³-hybridized carbons (Fsp3) is 0.711. The number of cyclic esters (lactones) is 1. The number of nitrogens with zero attached hydrogens (tertiary/aromatic N) is 5. The molecule has 2 aromatic rings. The Morgan fingerprint density at radius 2 is 1.74 bits per heavy atom. The van der Waals surface area contributed by atoms with Crippen molar-refractivity contribution in [1.82, 2.24) is 29.7 Å². The number of Topliss-reactive ketones (excluding diaryl/α,β-unsaturated/α-hetero) is 2. The highest BCUT2D eigenvalue weighted by atomic mass is 16.7. The number of hydrogen-bond acceptors (Lipinski definition) is 13. The average Bonchev–Trinajstić information content (AvgIpc) is 3.80. The van der Waals surface area contributed by atoms with Crippen molar-refractivity contribution in [1.29, 1.82) is 0 Å². The normalized spacial score (nSPS) is 35.4. The number of nitrogens with one attached hydrogen (secondary N) is 1. The monoisotopic (exact) mass is 852 g/mol. The molecule has 3 aliphatic rings. The number of aromatic nitrogens is 3. The molecule has 0 spiro atoms. The lowest BCUT2D eigenvalue weighted by Crippen LogP contribution is -2.62. The van der Waals surface area contributed by atoms with E-state index in [1.807, 2.05) is 76.5 Å². The molecule has 61 heavy (non-hydrogen) atoms. The third-order valence-corrected chi connectivity index (χ3v) is 13.2. The summed E-state index contributed by atoms with van der Waals surface area (Å²) in [6.45, 7) is 16.5. The maximum atomic E-state index is 14.8. The van der Waals surface area contributed by atoms with Crippen LogP contribution < -0.4 is 5.32 Å². The molecule has 338 valence electrons. The van der Waals surface area contributed by atoms with E-state index in [1.165, 1.54) is 21.0 Å². The molecule has 1 N–H and O–H groups in total. The van der Waals surface area contributed by atoms with Crippen LogP contribution in [0.3, 0.4) is 0 Å². The van der Waals surface area contributed by atoms with Crippen LogP contribution in [0.15, 0.2) is 37.1 Å². The second-order valence-electron chi connectivity index (χ2n) is 18.1. The second kappa shape index (κ2) is 19.9. The number of imidazole rings is 1. The predicted molar refractivity (Wildman–Crippen MR) is 226 cm³/mol. The van der Waals surface area contributed by atoms with Gasteiger partial charge in [0.1, 0.15) is 17.8 Å². The first-order chi connectivity index (χ1) is 28.8. The van der Waals surface area contributed by atoms with Gasteiger partial charge in [-0.1, -0.05) is 27.7 Å². The van der Waals surface area contributed by atoms with Crippen LogP contribution in [0.25, 0.3) is 11.3 Å². The van der Waals surface area contributed by atoms with Crippen molar-refractivity contribution in [3.8, 4) is 11.3 Å². The van der Waals surface area contributed by atoms with Gasteiger partial charge in [-0.2, -0.15) is 0 Å². The molecule has 3 aliphatic heterocycles. The first kappa shape index (κ1) is 47.8. The van der Waals surface area contributed by atoms with Crippen molar-refractivity contribution in [2.75, 3.05) is 27.7 Å². The molecule has 0 saturated carbocycles. The number of pyridine rings is 1. The number of amides is 2. The van der Waals surface area contributed by atoms with Crippen LogP contribution in [-0.2, 0) is 49.4 Å². The fourth-order valence-corrected chi connectivity index (χ4v) is 9.90. The molecule has 5 unspecified atom stereocenters. The maximum absolute atomic E-state index is 14.8. The molecule has 16 nitrogen and oxygen atoms in total. The fourth-order valence-electron chi connectivity index (χ4n) is 9.90. The third kappa shape index (κ3) is 10.3. The zero-order chi connectivity index (χ0) is 45.0. The zero-order valence-electron chi connectivity index (χ0n) is 38.1. The topological polar surface area (TPSA) is 181 Å². The van der Waals surface area contributed by atoms with Crippen molar-refractivity contribution in [3.63, 3.8) is 0 Å². The summed E-state index contributed by atoms with van der Waals surface area (Å²) in [5, 5.41) is 3.13. The lowest BCUT2D eigenvalue weighted by atomic mass is 9.72. The molecule has 0 aromatic carbocycles. The Kier molecular flexibility index (Phi) is 15.6. The summed E-state index contributed by atoms with van der Waals surface area (Å²) in [6, 6.07) is 2.50. The van der Waals surface area contributed by atoms with Crippen LogP contribution in [0.5, 0.6) is 0 Å². The summed E-state index contributed by atoms with van der Waals surface area (Å²) in [7, 11) is 5.27. The van der Waals surface area contributed by atoms with Gasteiger partial charge in [0.15, 0.2) is 18.2 Å². The molecule has 3 fully saturated rings. The summed E-state index contributed by atoms with van der Waals surface area (Å²) in [4.78, 5) is 82.2. The number of esters is 2. The number of hydrogen-bond donors (Lipinski definition) is 1. The number of likely N-dealkylation sites (N-methyl/N-ethyl adjacent to an activating group) is 1. The highest BCUT2D eigenvalue weighted by Gasteiger charge is 2.58. The Morgan fingerprint density at radius 1 is 1.03 bits per heavy atom. The van der Waals surface area contributed by atoms with Crippen LogP contribution in [0.4, 0.5) is 4.79 Å². The number of ether oxygens (including phenoxy) is 5. The quantitative estimate of drug-likeness (QED) is 0.170. The number of aryl methyl sites for hydroxylation is 1. The highest BCUT2D eigenvalue weighted by molar-refractivity contribution is 6.00. The van der Waals surface area contributed by atoms with Crippen molar-refractivity contribution < 1.29 is 47.7 Å². The molecule has 16 heteroatoms. The standard InChI is InChI=1S/C45H68N6O10/c1-13-35-45(9)39(51(43(56)48-45)20-15-14-19-50-24-33(47-25-50)32-17-16-18-46-23-32)28(4)36(53)26(2)22-44(8,57-12)40(29(5)37(54)30(6)41(55)60-35)61-42-38(59-31(7)52)34(49(10)11)21-27(3)58-42/h16-18,23-30,34-35,38-40,42H,13-15,19-22H2,1-12H3,(H,48,56)/t26-,27-,28+,29+,30-,34?,35-,38?,39?,40?,42?,44+,45-/m1/s1. The molecule has 5 rings (SSSR count). The van der Waals surface area contributed by atoms with E-state index in [1.54, 1.807) is 37.5 Å². The summed E-state index contributed by atoms with van der Waals surface area (Å²) in [5.41, 5.74) is -0.724. The molecular weight excluding hydrogens is 785 g/mol. The van der Waals surface area contributed by atoms with Crippen LogP contribution in [0, 0.1) is 23.7 Å². The number of methoxy groups -OCH3 is 1. The first-order valence-corrected chi connectivity index (χ1v) is 21.7. The van der Waals surface area contributed by atoms with Crippen molar-refractivity contribution in [2.24, 2.45) is 23.7 Å². The van der Waals surface area contributed by atoms with E-state index in [4.69, 9.17) is 23.7 Å². The van der Waals surface area contributed by atoms with E-state index < -0.39 is 83.2 Å². The Hall–Kier alpha value is -4.25. The number of carbonyl (C=O) groups is 5. The number of rotatable bonds is 12. The number of ketones is 2. The van der Waals surface area contributed by atoms with Gasteiger partial charge in [0, 0.05) is 69.0 Å². The smallest absolute Gasteiger partial charge is 0.318 e. The largest absolute Gasteiger partial charge is 0.459 e. The Morgan fingerprint density at radius 3 is 2.36 bits per heavy atom. The third-order valence-electron chi connectivity index (χ3n) is 13.2. The van der Waals surface area contributed by atoms with Crippen molar-refractivity contribution in [3.05, 3.63) is 37.1 Å². The molecular formula is C45H68N6O10. The molecule has 5 heterocycles. The van der Waals surface area contributed by atoms with Gasteiger partial charge in [-0.15, -0.1) is 0 Å².